The van der Waals surface area contributed by atoms with E-state index in [2.05, 4.69) is 11.7 Å². The first-order valence-electron chi connectivity index (χ1n) is 4.66. The van der Waals surface area contributed by atoms with Crippen molar-refractivity contribution in [2.24, 2.45) is 4.99 Å². The lowest BCUT2D eigenvalue weighted by Gasteiger charge is -2.03. The third-order valence-electron chi connectivity index (χ3n) is 2.25. The molecule has 0 aliphatic rings. The van der Waals surface area contributed by atoms with E-state index in [1.165, 1.54) is 0 Å². The van der Waals surface area contributed by atoms with Gasteiger partial charge in [0.25, 0.3) is 0 Å². The second kappa shape index (κ2) is 3.96. The monoisotopic (exact) mass is 197 g/mol. The summed E-state index contributed by atoms with van der Waals surface area (Å²) in [5.41, 5.74) is 2.63. The van der Waals surface area contributed by atoms with Crippen LogP contribution in [0.5, 0.6) is 5.75 Å². The topological polar surface area (TPSA) is 32.6 Å². The van der Waals surface area contributed by atoms with Crippen LogP contribution < -0.4 is 0 Å². The van der Waals surface area contributed by atoms with Crippen LogP contribution in [0.1, 0.15) is 0 Å². The van der Waals surface area contributed by atoms with Crippen LogP contribution in [0.2, 0.25) is 0 Å². The van der Waals surface area contributed by atoms with E-state index in [1.54, 1.807) is 6.07 Å². The van der Waals surface area contributed by atoms with E-state index in [4.69, 9.17) is 0 Å². The molecule has 0 heterocycles. The van der Waals surface area contributed by atoms with E-state index in [1.807, 2.05) is 42.5 Å². The summed E-state index contributed by atoms with van der Waals surface area (Å²) < 4.78 is 0. The van der Waals surface area contributed by atoms with E-state index < -0.39 is 0 Å². The molecule has 2 nitrogen and oxygen atoms in total. The summed E-state index contributed by atoms with van der Waals surface area (Å²) in [7, 11) is 0. The molecule has 0 radical (unpaired) electrons. The van der Waals surface area contributed by atoms with E-state index in [0.29, 0.717) is 5.69 Å². The zero-order valence-corrected chi connectivity index (χ0v) is 8.22. The average Bonchev–Trinajstić information content (AvgIpc) is 2.31. The SMILES string of the molecule is C=Nc1cc(-c2ccccc2)ccc1O. The molecular weight excluding hydrogens is 186 g/mol. The van der Waals surface area contributed by atoms with Gasteiger partial charge in [0.05, 0.1) is 0 Å². The van der Waals surface area contributed by atoms with Crippen molar-refractivity contribution in [1.82, 2.24) is 0 Å². The van der Waals surface area contributed by atoms with Gasteiger partial charge in [-0.15, -0.1) is 0 Å². The lowest BCUT2D eigenvalue weighted by Crippen LogP contribution is -1.76. The van der Waals surface area contributed by atoms with Crippen LogP contribution in [0.3, 0.4) is 0 Å². The molecule has 0 bridgehead atoms. The molecule has 0 unspecified atom stereocenters. The summed E-state index contributed by atoms with van der Waals surface area (Å²) in [6.07, 6.45) is 0. The first kappa shape index (κ1) is 9.46. The number of phenols is 1. The molecule has 0 aromatic heterocycles. The lowest BCUT2D eigenvalue weighted by molar-refractivity contribution is 0.477. The van der Waals surface area contributed by atoms with Gasteiger partial charge in [-0.1, -0.05) is 36.4 Å². The Hall–Kier alpha value is -2.09. The molecule has 15 heavy (non-hydrogen) atoms. The molecule has 2 rings (SSSR count). The van der Waals surface area contributed by atoms with Crippen molar-refractivity contribution < 1.29 is 5.11 Å². The van der Waals surface area contributed by atoms with Crippen molar-refractivity contribution in [2.45, 2.75) is 0 Å². The summed E-state index contributed by atoms with van der Waals surface area (Å²) in [6.45, 7) is 3.42. The van der Waals surface area contributed by atoms with Crippen LogP contribution in [0.15, 0.2) is 53.5 Å². The number of hydrogen-bond donors (Lipinski definition) is 1. The van der Waals surface area contributed by atoms with Gasteiger partial charge in [0.1, 0.15) is 11.4 Å². The van der Waals surface area contributed by atoms with Gasteiger partial charge in [0.2, 0.25) is 0 Å². The molecule has 0 saturated carbocycles. The van der Waals surface area contributed by atoms with E-state index in [9.17, 15) is 5.11 Å². The Kier molecular flexibility index (Phi) is 2.50. The standard InChI is InChI=1S/C13H11NO/c1-14-12-9-11(7-8-13(12)15)10-5-3-2-4-6-10/h2-9,15H,1H2. The molecule has 0 fully saturated rings. The van der Waals surface area contributed by atoms with Crippen molar-refractivity contribution in [3.05, 3.63) is 48.5 Å². The van der Waals surface area contributed by atoms with E-state index in [0.717, 1.165) is 11.1 Å². The third kappa shape index (κ3) is 1.89. The normalized spacial score (nSPS) is 9.87. The summed E-state index contributed by atoms with van der Waals surface area (Å²) >= 11 is 0. The molecule has 2 aromatic carbocycles. The van der Waals surface area contributed by atoms with Crippen molar-refractivity contribution in [1.29, 1.82) is 0 Å². The quantitative estimate of drug-likeness (QED) is 0.735. The van der Waals surface area contributed by atoms with Crippen LogP contribution in [0.25, 0.3) is 11.1 Å². The smallest absolute Gasteiger partial charge is 0.141 e. The van der Waals surface area contributed by atoms with Gasteiger partial charge < -0.3 is 5.11 Å². The van der Waals surface area contributed by atoms with E-state index in [-0.39, 0.29) is 5.75 Å². The Morgan fingerprint density at radius 2 is 1.67 bits per heavy atom. The minimum absolute atomic E-state index is 0.157. The summed E-state index contributed by atoms with van der Waals surface area (Å²) in [4.78, 5) is 3.76. The van der Waals surface area contributed by atoms with Gasteiger partial charge in [0, 0.05) is 0 Å². The van der Waals surface area contributed by atoms with Crippen molar-refractivity contribution in [3.8, 4) is 16.9 Å². The van der Waals surface area contributed by atoms with Crippen molar-refractivity contribution in [3.63, 3.8) is 0 Å². The second-order valence-electron chi connectivity index (χ2n) is 3.23. The fourth-order valence-electron chi connectivity index (χ4n) is 1.46. The average molecular weight is 197 g/mol. The maximum atomic E-state index is 9.45. The molecule has 2 heteroatoms. The summed E-state index contributed by atoms with van der Waals surface area (Å²) in [5, 5.41) is 9.45. The Morgan fingerprint density at radius 3 is 2.33 bits per heavy atom. The Balaban J connectivity index is 2.51. The van der Waals surface area contributed by atoms with Gasteiger partial charge in [-0.25, -0.2) is 0 Å². The minimum Gasteiger partial charge on any atom is -0.506 e. The van der Waals surface area contributed by atoms with Crippen molar-refractivity contribution in [2.75, 3.05) is 0 Å². The molecule has 0 saturated heterocycles. The summed E-state index contributed by atoms with van der Waals surface area (Å²) in [6, 6.07) is 15.3. The predicted octanol–water partition coefficient (Wildman–Crippen LogP) is 3.39. The summed E-state index contributed by atoms with van der Waals surface area (Å²) in [5.74, 6) is 0.157. The molecule has 0 atom stereocenters. The van der Waals surface area contributed by atoms with Crippen LogP contribution in [0.4, 0.5) is 5.69 Å². The van der Waals surface area contributed by atoms with Crippen LogP contribution in [-0.2, 0) is 0 Å². The number of rotatable bonds is 2. The molecule has 0 aliphatic carbocycles. The Bertz CT molecular complexity index is 477. The Morgan fingerprint density at radius 1 is 0.933 bits per heavy atom. The molecule has 2 aromatic rings. The highest BCUT2D eigenvalue weighted by atomic mass is 16.3. The van der Waals surface area contributed by atoms with Gasteiger partial charge in [0.15, 0.2) is 0 Å². The fraction of sp³-hybridized carbons (Fsp3) is 0. The molecule has 74 valence electrons. The maximum Gasteiger partial charge on any atom is 0.141 e. The van der Waals surface area contributed by atoms with Gasteiger partial charge in [-0.2, -0.15) is 0 Å². The van der Waals surface area contributed by atoms with Gasteiger partial charge in [-0.05, 0) is 30.0 Å². The number of nitrogens with zero attached hydrogens (tertiary/aromatic N) is 1. The molecule has 0 spiro atoms. The molecule has 1 N–H and O–H groups in total. The van der Waals surface area contributed by atoms with Gasteiger partial charge in [-0.3, -0.25) is 4.99 Å². The fourth-order valence-corrected chi connectivity index (χ4v) is 1.46. The maximum absolute atomic E-state index is 9.45. The molecule has 0 amide bonds. The zero-order chi connectivity index (χ0) is 10.7. The lowest BCUT2D eigenvalue weighted by atomic mass is 10.1. The minimum atomic E-state index is 0.157. The number of hydrogen-bond acceptors (Lipinski definition) is 2. The zero-order valence-electron chi connectivity index (χ0n) is 8.22. The van der Waals surface area contributed by atoms with Crippen LogP contribution >= 0.6 is 0 Å². The molecule has 0 aliphatic heterocycles. The number of aromatic hydroxyl groups is 1. The number of benzene rings is 2. The first-order chi connectivity index (χ1) is 7.31. The van der Waals surface area contributed by atoms with Crippen molar-refractivity contribution >= 4 is 12.4 Å². The highest BCUT2D eigenvalue weighted by Gasteiger charge is 2.01. The first-order valence-corrected chi connectivity index (χ1v) is 4.66. The number of phenolic OH excluding ortho intramolecular Hbond substituents is 1. The van der Waals surface area contributed by atoms with Gasteiger partial charge >= 0.3 is 0 Å². The number of aliphatic imine (C=N–C) groups is 1. The van der Waals surface area contributed by atoms with E-state index >= 15 is 0 Å². The van der Waals surface area contributed by atoms with Crippen LogP contribution in [-0.4, -0.2) is 11.8 Å². The largest absolute Gasteiger partial charge is 0.506 e. The second-order valence-corrected chi connectivity index (χ2v) is 3.23. The predicted molar refractivity (Wildman–Crippen MR) is 62.8 cm³/mol. The van der Waals surface area contributed by atoms with Crippen LogP contribution in [0, 0.1) is 0 Å². The third-order valence-corrected chi connectivity index (χ3v) is 2.25. The highest BCUT2D eigenvalue weighted by molar-refractivity contribution is 5.70. The Labute approximate surface area is 88.5 Å². The highest BCUT2D eigenvalue weighted by Crippen LogP contribution is 2.31. The molecular formula is C13H11NO.